The van der Waals surface area contributed by atoms with Gasteiger partial charge < -0.3 is 20.7 Å². The highest BCUT2D eigenvalue weighted by Crippen LogP contribution is 2.30. The molecule has 1 saturated heterocycles. The van der Waals surface area contributed by atoms with Crippen molar-refractivity contribution in [1.82, 2.24) is 20.3 Å². The zero-order valence-electron chi connectivity index (χ0n) is 18.1. The number of carbonyl (C=O) groups is 1. The molecule has 3 aromatic rings. The monoisotopic (exact) mass is 446 g/mol. The Morgan fingerprint density at radius 2 is 1.97 bits per heavy atom. The lowest BCUT2D eigenvalue weighted by atomic mass is 9.90. The van der Waals surface area contributed by atoms with Gasteiger partial charge in [0.25, 0.3) is 5.56 Å². The Morgan fingerprint density at radius 3 is 2.73 bits per heavy atom. The molecular formula is C24H26N6O3. The number of carboxylic acid groups (broad SMARTS) is 1. The van der Waals surface area contributed by atoms with Crippen molar-refractivity contribution in [1.29, 1.82) is 0 Å². The van der Waals surface area contributed by atoms with Crippen LogP contribution in [-0.2, 0) is 4.79 Å². The number of fused-ring (bicyclic) bond motifs is 1. The van der Waals surface area contributed by atoms with Crippen LogP contribution in [0.4, 0.5) is 11.5 Å². The first-order valence-electron chi connectivity index (χ1n) is 11.2. The average molecular weight is 447 g/mol. The van der Waals surface area contributed by atoms with Crippen LogP contribution in [0.3, 0.4) is 0 Å². The fraction of sp³-hybridized carbons (Fsp3) is 0.333. The summed E-state index contributed by atoms with van der Waals surface area (Å²) >= 11 is 0. The molecule has 5 rings (SSSR count). The number of pyridine rings is 2. The first kappa shape index (κ1) is 21.1. The normalized spacial score (nSPS) is 18.7. The van der Waals surface area contributed by atoms with E-state index in [1.54, 1.807) is 12.4 Å². The number of anilines is 2. The van der Waals surface area contributed by atoms with Crippen molar-refractivity contribution in [3.8, 4) is 0 Å². The van der Waals surface area contributed by atoms with Gasteiger partial charge in [-0.1, -0.05) is 12.1 Å². The number of nitrogens with zero attached hydrogens (tertiary/aromatic N) is 3. The number of carboxylic acids is 1. The molecular weight excluding hydrogens is 420 g/mol. The summed E-state index contributed by atoms with van der Waals surface area (Å²) in [5.41, 5.74) is 2.70. The zero-order chi connectivity index (χ0) is 22.8. The van der Waals surface area contributed by atoms with Crippen molar-refractivity contribution < 1.29 is 9.90 Å². The summed E-state index contributed by atoms with van der Waals surface area (Å²) in [6.45, 7) is 2.36. The van der Waals surface area contributed by atoms with Crippen molar-refractivity contribution >= 4 is 34.5 Å². The maximum atomic E-state index is 12.6. The summed E-state index contributed by atoms with van der Waals surface area (Å²) in [5.74, 6) is -0.0400. The van der Waals surface area contributed by atoms with E-state index in [0.29, 0.717) is 23.7 Å². The van der Waals surface area contributed by atoms with Crippen LogP contribution in [0.1, 0.15) is 35.9 Å². The number of aliphatic carboxylic acids is 1. The number of rotatable bonds is 6. The van der Waals surface area contributed by atoms with Crippen molar-refractivity contribution in [3.63, 3.8) is 0 Å². The van der Waals surface area contributed by atoms with Crippen LogP contribution in [0.25, 0.3) is 10.8 Å². The first-order valence-corrected chi connectivity index (χ1v) is 11.2. The SMILES string of the molecule is O=C(O)CN1CC(c2cc3cc[nH]c(=O)c3c(Nc3ccc(C4CCNCC4)cc3)n2)C=N1. The highest BCUT2D eigenvalue weighted by molar-refractivity contribution is 5.93. The van der Waals surface area contributed by atoms with Gasteiger partial charge in [0.15, 0.2) is 0 Å². The Kier molecular flexibility index (Phi) is 5.78. The van der Waals surface area contributed by atoms with E-state index in [9.17, 15) is 9.59 Å². The molecule has 1 atom stereocenters. The molecule has 1 aromatic carbocycles. The molecule has 0 spiro atoms. The minimum Gasteiger partial charge on any atom is -0.480 e. The van der Waals surface area contributed by atoms with Crippen LogP contribution in [0.5, 0.6) is 0 Å². The van der Waals surface area contributed by atoms with E-state index in [4.69, 9.17) is 10.1 Å². The third kappa shape index (κ3) is 4.58. The minimum atomic E-state index is -0.930. The van der Waals surface area contributed by atoms with Gasteiger partial charge in [0, 0.05) is 18.1 Å². The summed E-state index contributed by atoms with van der Waals surface area (Å²) < 4.78 is 0. The maximum Gasteiger partial charge on any atom is 0.324 e. The molecule has 1 fully saturated rings. The summed E-state index contributed by atoms with van der Waals surface area (Å²) in [6.07, 6.45) is 5.60. The fourth-order valence-electron chi connectivity index (χ4n) is 4.57. The minimum absolute atomic E-state index is 0.157. The number of hydrogen-bond acceptors (Lipinski definition) is 7. The summed E-state index contributed by atoms with van der Waals surface area (Å²) in [5, 5.41) is 22.7. The Bertz CT molecular complexity index is 1250. The molecule has 4 N–H and O–H groups in total. The van der Waals surface area contributed by atoms with Gasteiger partial charge in [-0.2, -0.15) is 5.10 Å². The summed E-state index contributed by atoms with van der Waals surface area (Å²) in [4.78, 5) is 31.1. The second-order valence-corrected chi connectivity index (χ2v) is 8.55. The Labute approximate surface area is 190 Å². The number of piperidine rings is 1. The second-order valence-electron chi connectivity index (χ2n) is 8.55. The van der Waals surface area contributed by atoms with Gasteiger partial charge in [-0.3, -0.25) is 14.6 Å². The maximum absolute atomic E-state index is 12.6. The van der Waals surface area contributed by atoms with Crippen LogP contribution in [-0.4, -0.2) is 58.4 Å². The van der Waals surface area contributed by atoms with Crippen LogP contribution >= 0.6 is 0 Å². The molecule has 9 heteroatoms. The van der Waals surface area contributed by atoms with E-state index < -0.39 is 5.97 Å². The van der Waals surface area contributed by atoms with Crippen LogP contribution < -0.4 is 16.2 Å². The molecule has 0 bridgehead atoms. The molecule has 0 saturated carbocycles. The van der Waals surface area contributed by atoms with E-state index in [2.05, 4.69) is 32.9 Å². The third-order valence-corrected chi connectivity index (χ3v) is 6.27. The van der Waals surface area contributed by atoms with Crippen molar-refractivity contribution in [2.75, 3.05) is 31.5 Å². The lowest BCUT2D eigenvalue weighted by molar-refractivity contribution is -0.138. The van der Waals surface area contributed by atoms with Gasteiger partial charge in [-0.25, -0.2) is 4.98 Å². The van der Waals surface area contributed by atoms with E-state index >= 15 is 0 Å². The van der Waals surface area contributed by atoms with Crippen LogP contribution in [0.15, 0.2) is 52.5 Å². The first-order chi connectivity index (χ1) is 16.1. The lowest BCUT2D eigenvalue weighted by Crippen LogP contribution is -2.26. The molecule has 2 aliphatic heterocycles. The predicted molar refractivity (Wildman–Crippen MR) is 127 cm³/mol. The third-order valence-electron chi connectivity index (χ3n) is 6.27. The molecule has 0 aliphatic carbocycles. The van der Waals surface area contributed by atoms with E-state index in [-0.39, 0.29) is 18.0 Å². The average Bonchev–Trinajstić information content (AvgIpc) is 3.28. The molecule has 170 valence electrons. The standard InChI is InChI=1S/C24H26N6O3/c31-21(32)14-30-13-18(12-27-30)20-11-17-7-10-26-24(33)22(17)23(29-20)28-19-3-1-15(2-4-19)16-5-8-25-9-6-16/h1-4,7,10-12,16,18,25H,5-6,8-9,13-14H2,(H,26,33)(H,28,29)(H,31,32). The number of hydrogen-bond donors (Lipinski definition) is 4. The van der Waals surface area contributed by atoms with Gasteiger partial charge >= 0.3 is 5.97 Å². The summed E-state index contributed by atoms with van der Waals surface area (Å²) in [6, 6.07) is 12.1. The molecule has 2 aliphatic rings. The Hall–Kier alpha value is -3.72. The number of nitrogens with one attached hydrogen (secondary N) is 3. The number of aromatic amines is 1. The Morgan fingerprint density at radius 1 is 1.18 bits per heavy atom. The topological polar surface area (TPSA) is 123 Å². The van der Waals surface area contributed by atoms with Crippen LogP contribution in [0.2, 0.25) is 0 Å². The van der Waals surface area contributed by atoms with E-state index in [0.717, 1.165) is 42.7 Å². The number of aromatic nitrogens is 2. The molecule has 0 amide bonds. The quantitative estimate of drug-likeness (QED) is 0.459. The molecule has 4 heterocycles. The van der Waals surface area contributed by atoms with Crippen molar-refractivity contribution in [2.24, 2.45) is 5.10 Å². The predicted octanol–water partition coefficient (Wildman–Crippen LogP) is 2.60. The lowest BCUT2D eigenvalue weighted by Gasteiger charge is -2.23. The molecule has 1 unspecified atom stereocenters. The molecule has 0 radical (unpaired) electrons. The zero-order valence-corrected chi connectivity index (χ0v) is 18.1. The van der Waals surface area contributed by atoms with E-state index in [1.165, 1.54) is 10.6 Å². The largest absolute Gasteiger partial charge is 0.480 e. The van der Waals surface area contributed by atoms with Gasteiger partial charge in [-0.05, 0) is 67.1 Å². The van der Waals surface area contributed by atoms with Gasteiger partial charge in [0.1, 0.15) is 12.4 Å². The highest BCUT2D eigenvalue weighted by atomic mass is 16.4. The molecule has 2 aromatic heterocycles. The van der Waals surface area contributed by atoms with E-state index in [1.807, 2.05) is 24.3 Å². The number of H-pyrrole nitrogens is 1. The van der Waals surface area contributed by atoms with Crippen molar-refractivity contribution in [3.05, 3.63) is 64.2 Å². The second kappa shape index (κ2) is 9.03. The van der Waals surface area contributed by atoms with Crippen molar-refractivity contribution in [2.45, 2.75) is 24.7 Å². The Balaban J connectivity index is 1.44. The van der Waals surface area contributed by atoms with Gasteiger partial charge in [-0.15, -0.1) is 0 Å². The van der Waals surface area contributed by atoms with Gasteiger partial charge in [0.2, 0.25) is 0 Å². The number of hydrazone groups is 1. The number of benzene rings is 1. The molecule has 33 heavy (non-hydrogen) atoms. The van der Waals surface area contributed by atoms with Gasteiger partial charge in [0.05, 0.1) is 23.5 Å². The fourth-order valence-corrected chi connectivity index (χ4v) is 4.57. The van der Waals surface area contributed by atoms with Crippen LogP contribution in [0, 0.1) is 0 Å². The smallest absolute Gasteiger partial charge is 0.324 e. The summed E-state index contributed by atoms with van der Waals surface area (Å²) in [7, 11) is 0. The highest BCUT2D eigenvalue weighted by Gasteiger charge is 2.24. The molecule has 9 nitrogen and oxygen atoms in total.